The molecule has 11 heteroatoms. The van der Waals surface area contributed by atoms with E-state index < -0.39 is 32.0 Å². The Morgan fingerprint density at radius 3 is 2.15 bits per heavy atom. The highest BCUT2D eigenvalue weighted by molar-refractivity contribution is 7.89. The first-order valence-electron chi connectivity index (χ1n) is 10.5. The molecule has 0 aromatic heterocycles. The van der Waals surface area contributed by atoms with Crippen LogP contribution in [0.15, 0.2) is 52.3 Å². The quantitative estimate of drug-likeness (QED) is 0.626. The van der Waals surface area contributed by atoms with Crippen molar-refractivity contribution in [3.05, 3.63) is 59.2 Å². The topological polar surface area (TPSA) is 113 Å². The second-order valence-corrected chi connectivity index (χ2v) is 12.1. The number of rotatable bonds is 7. The van der Waals surface area contributed by atoms with Crippen molar-refractivity contribution in [2.24, 2.45) is 0 Å². The zero-order chi connectivity index (χ0) is 24.4. The molecule has 33 heavy (non-hydrogen) atoms. The highest BCUT2D eigenvalue weighted by atomic mass is 32.2. The Hall–Kier alpha value is -2.31. The van der Waals surface area contributed by atoms with E-state index in [9.17, 15) is 21.6 Å². The summed E-state index contributed by atoms with van der Waals surface area (Å²) in [5.41, 5.74) is 1.63. The molecule has 0 aliphatic carbocycles. The molecular formula is C22H29N3O6S2. The zero-order valence-corrected chi connectivity index (χ0v) is 20.7. The molecule has 9 nitrogen and oxygen atoms in total. The first-order chi connectivity index (χ1) is 15.4. The Morgan fingerprint density at radius 2 is 1.58 bits per heavy atom. The largest absolute Gasteiger partial charge is 0.379 e. The Morgan fingerprint density at radius 1 is 1.00 bits per heavy atom. The summed E-state index contributed by atoms with van der Waals surface area (Å²) in [6.07, 6.45) is 0. The summed E-state index contributed by atoms with van der Waals surface area (Å²) >= 11 is 0. The average Bonchev–Trinajstić information content (AvgIpc) is 2.79. The third-order valence-corrected chi connectivity index (χ3v) is 9.29. The summed E-state index contributed by atoms with van der Waals surface area (Å²) in [7, 11) is -4.35. The Kier molecular flexibility index (Phi) is 7.59. The van der Waals surface area contributed by atoms with Gasteiger partial charge in [0.2, 0.25) is 20.0 Å². The maximum atomic E-state index is 13.0. The lowest BCUT2D eigenvalue weighted by Crippen LogP contribution is -2.40. The Labute approximate surface area is 195 Å². The molecule has 1 heterocycles. The van der Waals surface area contributed by atoms with Crippen LogP contribution >= 0.6 is 0 Å². The molecule has 1 amide bonds. The number of hydrogen-bond acceptors (Lipinski definition) is 6. The maximum absolute atomic E-state index is 13.0. The number of hydrogen-bond donors (Lipinski definition) is 1. The number of carbonyl (C=O) groups excluding carboxylic acids is 1. The number of sulfonamides is 2. The minimum atomic E-state index is -3.73. The third kappa shape index (κ3) is 5.44. The molecule has 1 saturated heterocycles. The lowest BCUT2D eigenvalue weighted by Gasteiger charge is -2.26. The predicted molar refractivity (Wildman–Crippen MR) is 124 cm³/mol. The number of morpholine rings is 1. The standard InChI is InChI=1S/C22H29N3O6S2/c1-16-5-8-20(33(29,30)25-11-13-31-14-12-25)15-21(16)22(26)23-17(2)18-6-9-19(10-7-18)32(27,28)24(3)4/h5-10,15,17H,11-14H2,1-4H3,(H,23,26). The minimum Gasteiger partial charge on any atom is -0.379 e. The van der Waals surface area contributed by atoms with Gasteiger partial charge in [-0.05, 0) is 49.2 Å². The first kappa shape index (κ1) is 25.3. The van der Waals surface area contributed by atoms with Crippen LogP contribution in [-0.2, 0) is 24.8 Å². The van der Waals surface area contributed by atoms with Crippen molar-refractivity contribution in [2.75, 3.05) is 40.4 Å². The van der Waals surface area contributed by atoms with Crippen LogP contribution in [0.25, 0.3) is 0 Å². The highest BCUT2D eigenvalue weighted by Gasteiger charge is 2.27. The Bertz CT molecular complexity index is 1220. The molecule has 180 valence electrons. The summed E-state index contributed by atoms with van der Waals surface area (Å²) in [6.45, 7) is 4.74. The fourth-order valence-corrected chi connectivity index (χ4v) is 5.78. The summed E-state index contributed by atoms with van der Waals surface area (Å²) in [4.78, 5) is 13.2. The molecule has 1 unspecified atom stereocenters. The second kappa shape index (κ2) is 9.90. The van der Waals surface area contributed by atoms with Crippen LogP contribution in [0.5, 0.6) is 0 Å². The number of aryl methyl sites for hydroxylation is 1. The summed E-state index contributed by atoms with van der Waals surface area (Å²) in [6, 6.07) is 10.4. The van der Waals surface area contributed by atoms with Gasteiger partial charge in [-0.1, -0.05) is 18.2 Å². The van der Waals surface area contributed by atoms with Crippen molar-refractivity contribution in [1.82, 2.24) is 13.9 Å². The second-order valence-electron chi connectivity index (χ2n) is 8.04. The summed E-state index contributed by atoms with van der Waals surface area (Å²) in [5.74, 6) is -0.413. The van der Waals surface area contributed by atoms with E-state index in [1.54, 1.807) is 32.0 Å². The van der Waals surface area contributed by atoms with Gasteiger partial charge in [0.15, 0.2) is 0 Å². The summed E-state index contributed by atoms with van der Waals surface area (Å²) in [5, 5.41) is 2.87. The molecule has 0 spiro atoms. The number of nitrogens with zero attached hydrogens (tertiary/aromatic N) is 2. The van der Waals surface area contributed by atoms with Crippen LogP contribution in [0.1, 0.15) is 34.5 Å². The van der Waals surface area contributed by atoms with Crippen LogP contribution in [0, 0.1) is 6.92 Å². The Balaban J connectivity index is 1.79. The summed E-state index contributed by atoms with van der Waals surface area (Å²) < 4.78 is 58.1. The van der Waals surface area contributed by atoms with Crippen LogP contribution in [0.2, 0.25) is 0 Å². The highest BCUT2D eigenvalue weighted by Crippen LogP contribution is 2.22. The first-order valence-corrected chi connectivity index (χ1v) is 13.3. The molecule has 1 atom stereocenters. The molecule has 3 rings (SSSR count). The van der Waals surface area contributed by atoms with E-state index in [1.807, 2.05) is 0 Å². The number of nitrogens with one attached hydrogen (secondary N) is 1. The van der Waals surface area contributed by atoms with Gasteiger partial charge in [0, 0.05) is 32.7 Å². The van der Waals surface area contributed by atoms with Crippen LogP contribution in [-0.4, -0.2) is 71.8 Å². The van der Waals surface area contributed by atoms with Crippen molar-refractivity contribution in [1.29, 1.82) is 0 Å². The zero-order valence-electron chi connectivity index (χ0n) is 19.1. The SMILES string of the molecule is Cc1ccc(S(=O)(=O)N2CCOCC2)cc1C(=O)NC(C)c1ccc(S(=O)(=O)N(C)C)cc1. The third-order valence-electron chi connectivity index (χ3n) is 5.57. The van der Waals surface area contributed by atoms with Gasteiger partial charge in [-0.2, -0.15) is 4.31 Å². The van der Waals surface area contributed by atoms with E-state index in [0.29, 0.717) is 18.8 Å². The normalized spacial score (nSPS) is 16.5. The lowest BCUT2D eigenvalue weighted by molar-refractivity contribution is 0.0730. The molecule has 0 bridgehead atoms. The van der Waals surface area contributed by atoms with E-state index in [2.05, 4.69) is 5.32 Å². The molecule has 1 N–H and O–H groups in total. The maximum Gasteiger partial charge on any atom is 0.252 e. The number of ether oxygens (including phenoxy) is 1. The fourth-order valence-electron chi connectivity index (χ4n) is 3.44. The van der Waals surface area contributed by atoms with Gasteiger partial charge in [0.05, 0.1) is 29.0 Å². The van der Waals surface area contributed by atoms with E-state index in [4.69, 9.17) is 4.74 Å². The van der Waals surface area contributed by atoms with E-state index in [0.717, 1.165) is 9.87 Å². The van der Waals surface area contributed by atoms with Crippen LogP contribution in [0.3, 0.4) is 0 Å². The van der Waals surface area contributed by atoms with Crippen LogP contribution < -0.4 is 5.32 Å². The molecule has 1 fully saturated rings. The van der Waals surface area contributed by atoms with Gasteiger partial charge in [-0.15, -0.1) is 0 Å². The lowest BCUT2D eigenvalue weighted by atomic mass is 10.1. The van der Waals surface area contributed by atoms with E-state index in [1.165, 1.54) is 42.7 Å². The average molecular weight is 496 g/mol. The van der Waals surface area contributed by atoms with Gasteiger partial charge in [0.1, 0.15) is 0 Å². The van der Waals surface area contributed by atoms with Crippen molar-refractivity contribution in [3.8, 4) is 0 Å². The van der Waals surface area contributed by atoms with Crippen molar-refractivity contribution in [2.45, 2.75) is 29.7 Å². The molecule has 2 aromatic carbocycles. The fraction of sp³-hybridized carbons (Fsp3) is 0.409. The van der Waals surface area contributed by atoms with Gasteiger partial charge in [-0.3, -0.25) is 4.79 Å². The van der Waals surface area contributed by atoms with Crippen molar-refractivity contribution >= 4 is 26.0 Å². The number of amides is 1. The van der Waals surface area contributed by atoms with Gasteiger partial charge >= 0.3 is 0 Å². The molecule has 2 aromatic rings. The molecule has 1 aliphatic heterocycles. The van der Waals surface area contributed by atoms with Gasteiger partial charge in [0.25, 0.3) is 5.91 Å². The number of carbonyl (C=O) groups is 1. The van der Waals surface area contributed by atoms with E-state index in [-0.39, 0.29) is 28.4 Å². The molecule has 0 saturated carbocycles. The van der Waals surface area contributed by atoms with Gasteiger partial charge in [-0.25, -0.2) is 21.1 Å². The van der Waals surface area contributed by atoms with Crippen LogP contribution in [0.4, 0.5) is 0 Å². The smallest absolute Gasteiger partial charge is 0.252 e. The van der Waals surface area contributed by atoms with Crippen molar-refractivity contribution < 1.29 is 26.4 Å². The minimum absolute atomic E-state index is 0.0612. The monoisotopic (exact) mass is 495 g/mol. The van der Waals surface area contributed by atoms with E-state index >= 15 is 0 Å². The van der Waals surface area contributed by atoms with Crippen molar-refractivity contribution in [3.63, 3.8) is 0 Å². The molecular weight excluding hydrogens is 466 g/mol. The van der Waals surface area contributed by atoms with Gasteiger partial charge < -0.3 is 10.1 Å². The predicted octanol–water partition coefficient (Wildman–Crippen LogP) is 1.76. The molecule has 0 radical (unpaired) electrons. The molecule has 1 aliphatic rings. The number of benzene rings is 2.